The van der Waals surface area contributed by atoms with Crippen molar-refractivity contribution in [2.75, 3.05) is 32.0 Å². The highest BCUT2D eigenvalue weighted by molar-refractivity contribution is 5.92. The smallest absolute Gasteiger partial charge is 0.321 e. The summed E-state index contributed by atoms with van der Waals surface area (Å²) in [5.41, 5.74) is 3.69. The summed E-state index contributed by atoms with van der Waals surface area (Å²) in [6, 6.07) is 3.62. The zero-order chi connectivity index (χ0) is 21.7. The van der Waals surface area contributed by atoms with E-state index in [0.717, 1.165) is 43.9 Å². The van der Waals surface area contributed by atoms with E-state index >= 15 is 0 Å². The van der Waals surface area contributed by atoms with E-state index < -0.39 is 0 Å². The van der Waals surface area contributed by atoms with Gasteiger partial charge in [0.25, 0.3) is 5.91 Å². The Bertz CT molecular complexity index is 901. The lowest BCUT2D eigenvalue weighted by atomic mass is 9.88. The fraction of sp³-hybridized carbons (Fsp3) is 0.524. The van der Waals surface area contributed by atoms with Gasteiger partial charge in [-0.2, -0.15) is 0 Å². The summed E-state index contributed by atoms with van der Waals surface area (Å²) in [6.07, 6.45) is 3.91. The molecule has 0 radical (unpaired) electrons. The van der Waals surface area contributed by atoms with Gasteiger partial charge in [-0.15, -0.1) is 0 Å². The molecule has 1 aliphatic heterocycles. The molecule has 30 heavy (non-hydrogen) atoms. The first kappa shape index (κ1) is 21.8. The molecule has 0 aromatic carbocycles. The van der Waals surface area contributed by atoms with Gasteiger partial charge in [0.05, 0.1) is 11.9 Å². The highest BCUT2D eigenvalue weighted by Crippen LogP contribution is 2.30. The number of carbonyl (C=O) groups is 2. The number of piperidine rings is 1. The quantitative estimate of drug-likeness (QED) is 0.672. The number of anilines is 1. The highest BCUT2D eigenvalue weighted by Gasteiger charge is 2.24. The number of likely N-dealkylation sites (tertiary alicyclic amines) is 1. The number of aryl methyl sites for hydroxylation is 1. The van der Waals surface area contributed by atoms with Crippen LogP contribution in [0.2, 0.25) is 0 Å². The third-order valence-electron chi connectivity index (χ3n) is 5.65. The molecule has 0 bridgehead atoms. The number of rotatable bonds is 6. The number of hydrogen-bond donors (Lipinski definition) is 3. The first-order valence-corrected chi connectivity index (χ1v) is 10.4. The predicted octanol–water partition coefficient (Wildman–Crippen LogP) is 2.00. The molecule has 3 heterocycles. The SMILES string of the molecule is CCNC(=O)Nc1ncc(CN2CCC(c3ccc(C(=O)NC)nc3C)CC2)n1C. The van der Waals surface area contributed by atoms with Crippen molar-refractivity contribution in [2.24, 2.45) is 7.05 Å². The van der Waals surface area contributed by atoms with E-state index in [1.807, 2.05) is 43.8 Å². The minimum atomic E-state index is -0.245. The van der Waals surface area contributed by atoms with Gasteiger partial charge in [0.2, 0.25) is 5.95 Å². The first-order valence-electron chi connectivity index (χ1n) is 10.4. The van der Waals surface area contributed by atoms with Gasteiger partial charge in [-0.1, -0.05) is 6.07 Å². The van der Waals surface area contributed by atoms with Gasteiger partial charge in [0.1, 0.15) is 5.69 Å². The normalized spacial score (nSPS) is 15.1. The van der Waals surface area contributed by atoms with Gasteiger partial charge >= 0.3 is 6.03 Å². The number of hydrogen-bond acceptors (Lipinski definition) is 5. The number of carbonyl (C=O) groups excluding carboxylic acids is 2. The molecule has 0 unspecified atom stereocenters. The van der Waals surface area contributed by atoms with E-state index in [1.165, 1.54) is 5.56 Å². The summed E-state index contributed by atoms with van der Waals surface area (Å²) in [4.78, 5) is 34.7. The molecule has 1 aliphatic rings. The second kappa shape index (κ2) is 9.71. The van der Waals surface area contributed by atoms with Crippen LogP contribution in [0.1, 0.15) is 53.1 Å². The topological polar surface area (TPSA) is 104 Å². The number of nitrogens with one attached hydrogen (secondary N) is 3. The zero-order valence-corrected chi connectivity index (χ0v) is 18.2. The molecular weight excluding hydrogens is 382 g/mol. The van der Waals surface area contributed by atoms with Crippen molar-refractivity contribution < 1.29 is 9.59 Å². The number of pyridine rings is 1. The monoisotopic (exact) mass is 413 g/mol. The van der Waals surface area contributed by atoms with E-state index in [9.17, 15) is 9.59 Å². The summed E-state index contributed by atoms with van der Waals surface area (Å²) < 4.78 is 1.92. The molecule has 1 saturated heterocycles. The lowest BCUT2D eigenvalue weighted by Gasteiger charge is -2.32. The van der Waals surface area contributed by atoms with Gasteiger partial charge in [-0.05, 0) is 57.3 Å². The van der Waals surface area contributed by atoms with Crippen molar-refractivity contribution >= 4 is 17.9 Å². The largest absolute Gasteiger partial charge is 0.354 e. The standard InChI is InChI=1S/C21H31N7O2/c1-5-23-21(30)26-20-24-12-16(27(20)4)13-28-10-8-15(9-11-28)17-6-7-18(19(29)22-3)25-14(17)2/h6-7,12,15H,5,8-11,13H2,1-4H3,(H,22,29)(H2,23,24,26,30). The van der Waals surface area contributed by atoms with Gasteiger partial charge in [0, 0.05) is 32.9 Å². The molecule has 9 nitrogen and oxygen atoms in total. The minimum absolute atomic E-state index is 0.156. The van der Waals surface area contributed by atoms with Crippen molar-refractivity contribution in [1.82, 2.24) is 30.1 Å². The van der Waals surface area contributed by atoms with Crippen LogP contribution >= 0.6 is 0 Å². The molecule has 0 spiro atoms. The highest BCUT2D eigenvalue weighted by atomic mass is 16.2. The Kier molecular flexibility index (Phi) is 7.04. The first-order chi connectivity index (χ1) is 14.4. The number of urea groups is 1. The average molecular weight is 414 g/mol. The Labute approximate surface area is 177 Å². The lowest BCUT2D eigenvalue weighted by molar-refractivity contribution is 0.0958. The van der Waals surface area contributed by atoms with Gasteiger partial charge in [-0.25, -0.2) is 14.8 Å². The predicted molar refractivity (Wildman–Crippen MR) is 116 cm³/mol. The van der Waals surface area contributed by atoms with Crippen LogP contribution in [0.25, 0.3) is 0 Å². The van der Waals surface area contributed by atoms with Crippen molar-refractivity contribution in [2.45, 2.75) is 39.2 Å². The van der Waals surface area contributed by atoms with E-state index in [2.05, 4.69) is 30.8 Å². The van der Waals surface area contributed by atoms with Crippen molar-refractivity contribution in [1.29, 1.82) is 0 Å². The minimum Gasteiger partial charge on any atom is -0.354 e. The fourth-order valence-electron chi connectivity index (χ4n) is 3.90. The van der Waals surface area contributed by atoms with Crippen molar-refractivity contribution in [3.05, 3.63) is 41.0 Å². The van der Waals surface area contributed by atoms with Gasteiger partial charge in [-0.3, -0.25) is 15.0 Å². The van der Waals surface area contributed by atoms with E-state index in [0.29, 0.717) is 24.1 Å². The Morgan fingerprint density at radius 1 is 1.23 bits per heavy atom. The molecule has 3 amide bonds. The van der Waals surface area contributed by atoms with Crippen LogP contribution in [0.3, 0.4) is 0 Å². The van der Waals surface area contributed by atoms with E-state index in [-0.39, 0.29) is 11.9 Å². The Morgan fingerprint density at radius 2 is 1.97 bits per heavy atom. The van der Waals surface area contributed by atoms with Crippen LogP contribution in [-0.2, 0) is 13.6 Å². The molecule has 0 atom stereocenters. The number of amides is 3. The van der Waals surface area contributed by atoms with Gasteiger partial charge in [0.15, 0.2) is 0 Å². The van der Waals surface area contributed by atoms with Crippen LogP contribution in [0.4, 0.5) is 10.7 Å². The molecule has 3 rings (SSSR count). The van der Waals surface area contributed by atoms with E-state index in [1.54, 1.807) is 7.05 Å². The summed E-state index contributed by atoms with van der Waals surface area (Å²) in [5, 5.41) is 8.09. The number of nitrogens with zero attached hydrogens (tertiary/aromatic N) is 4. The molecule has 2 aromatic heterocycles. The Hall–Kier alpha value is -2.94. The Balaban J connectivity index is 1.57. The number of imidazole rings is 1. The van der Waals surface area contributed by atoms with Crippen LogP contribution in [0.5, 0.6) is 0 Å². The molecule has 2 aromatic rings. The maximum Gasteiger partial charge on any atom is 0.321 e. The Morgan fingerprint density at radius 3 is 2.60 bits per heavy atom. The second-order valence-electron chi connectivity index (χ2n) is 7.62. The van der Waals surface area contributed by atoms with Crippen LogP contribution in [0, 0.1) is 6.92 Å². The third-order valence-corrected chi connectivity index (χ3v) is 5.65. The summed E-state index contributed by atoms with van der Waals surface area (Å²) >= 11 is 0. The third kappa shape index (κ3) is 4.96. The fourth-order valence-corrected chi connectivity index (χ4v) is 3.90. The van der Waals surface area contributed by atoms with Crippen molar-refractivity contribution in [3.63, 3.8) is 0 Å². The number of aromatic nitrogens is 3. The summed E-state index contributed by atoms with van der Waals surface area (Å²) in [6.45, 7) is 7.17. The maximum absolute atomic E-state index is 11.8. The molecule has 1 fully saturated rings. The van der Waals surface area contributed by atoms with Gasteiger partial charge < -0.3 is 15.2 Å². The molecule has 3 N–H and O–H groups in total. The second-order valence-corrected chi connectivity index (χ2v) is 7.62. The van der Waals surface area contributed by atoms with Crippen molar-refractivity contribution in [3.8, 4) is 0 Å². The van der Waals surface area contributed by atoms with Crippen LogP contribution < -0.4 is 16.0 Å². The molecule has 0 aliphatic carbocycles. The summed E-state index contributed by atoms with van der Waals surface area (Å²) in [7, 11) is 3.53. The zero-order valence-electron chi connectivity index (χ0n) is 18.2. The van der Waals surface area contributed by atoms with E-state index in [4.69, 9.17) is 0 Å². The summed E-state index contributed by atoms with van der Waals surface area (Å²) in [5.74, 6) is 0.842. The average Bonchev–Trinajstić information content (AvgIpc) is 3.07. The molecule has 9 heteroatoms. The molecule has 162 valence electrons. The molecular formula is C21H31N7O2. The maximum atomic E-state index is 11.8. The van der Waals surface area contributed by atoms with Crippen LogP contribution in [-0.4, -0.2) is 58.1 Å². The van der Waals surface area contributed by atoms with Crippen LogP contribution in [0.15, 0.2) is 18.3 Å². The molecule has 0 saturated carbocycles. The lowest BCUT2D eigenvalue weighted by Crippen LogP contribution is -2.33.